The minimum absolute atomic E-state index is 0.453. The third-order valence-corrected chi connectivity index (χ3v) is 3.26. The van der Waals surface area contributed by atoms with Gasteiger partial charge < -0.3 is 10.4 Å². The van der Waals surface area contributed by atoms with Crippen molar-refractivity contribution in [3.8, 4) is 6.07 Å². The molecule has 0 aliphatic heterocycles. The fourth-order valence-electron chi connectivity index (χ4n) is 1.85. The molecule has 2 rings (SSSR count). The molecule has 2 aromatic rings. The van der Waals surface area contributed by atoms with Crippen LogP contribution in [0, 0.1) is 11.3 Å². The Morgan fingerprint density at radius 2 is 1.75 bits per heavy atom. The lowest BCUT2D eigenvalue weighted by atomic mass is 10.1. The molecule has 0 aromatic heterocycles. The molecule has 0 aliphatic rings. The molecular weight excluding hydrogens is 272 g/mol. The molecule has 0 heterocycles. The van der Waals surface area contributed by atoms with Crippen molar-refractivity contribution < 1.29 is 5.11 Å². The van der Waals surface area contributed by atoms with E-state index in [-0.39, 0.29) is 0 Å². The molecule has 0 saturated carbocycles. The molecule has 1 atom stereocenters. The Kier molecular flexibility index (Phi) is 5.14. The van der Waals surface area contributed by atoms with Crippen LogP contribution in [0.3, 0.4) is 0 Å². The lowest BCUT2D eigenvalue weighted by molar-refractivity contribution is 0.174. The SMILES string of the molecule is N#Cc1ccc(C(O)CNCc2ccc(Cl)cc2)cc1. The van der Waals surface area contributed by atoms with Gasteiger partial charge in [0, 0.05) is 18.1 Å². The van der Waals surface area contributed by atoms with Crippen LogP contribution in [0.15, 0.2) is 48.5 Å². The zero-order chi connectivity index (χ0) is 14.4. The summed E-state index contributed by atoms with van der Waals surface area (Å²) < 4.78 is 0. The maximum Gasteiger partial charge on any atom is 0.0991 e. The van der Waals surface area contributed by atoms with Crippen LogP contribution in [0.25, 0.3) is 0 Å². The number of aliphatic hydroxyl groups excluding tert-OH is 1. The Bertz CT molecular complexity index is 587. The van der Waals surface area contributed by atoms with E-state index in [9.17, 15) is 5.11 Å². The molecule has 2 N–H and O–H groups in total. The second kappa shape index (κ2) is 7.06. The van der Waals surface area contributed by atoms with Gasteiger partial charge in [0.2, 0.25) is 0 Å². The summed E-state index contributed by atoms with van der Waals surface area (Å²) in [5, 5.41) is 22.7. The van der Waals surface area contributed by atoms with Gasteiger partial charge in [-0.2, -0.15) is 5.26 Å². The summed E-state index contributed by atoms with van der Waals surface area (Å²) in [6, 6.07) is 16.6. The molecule has 2 aromatic carbocycles. The quantitative estimate of drug-likeness (QED) is 0.888. The summed E-state index contributed by atoms with van der Waals surface area (Å²) in [6.45, 7) is 1.12. The molecule has 0 radical (unpaired) electrons. The highest BCUT2D eigenvalue weighted by molar-refractivity contribution is 6.30. The predicted octanol–water partition coefficient (Wildman–Crippen LogP) is 3.03. The first-order valence-corrected chi connectivity index (χ1v) is 6.70. The highest BCUT2D eigenvalue weighted by atomic mass is 35.5. The summed E-state index contributed by atoms with van der Waals surface area (Å²) in [7, 11) is 0. The molecule has 0 aliphatic carbocycles. The van der Waals surface area contributed by atoms with E-state index in [2.05, 4.69) is 11.4 Å². The molecule has 1 unspecified atom stereocenters. The highest BCUT2D eigenvalue weighted by Crippen LogP contribution is 2.13. The first kappa shape index (κ1) is 14.5. The van der Waals surface area contributed by atoms with Gasteiger partial charge >= 0.3 is 0 Å². The van der Waals surface area contributed by atoms with Crippen molar-refractivity contribution in [1.29, 1.82) is 5.26 Å². The Balaban J connectivity index is 1.84. The molecule has 3 nitrogen and oxygen atoms in total. The number of hydrogen-bond donors (Lipinski definition) is 2. The zero-order valence-corrected chi connectivity index (χ0v) is 11.6. The largest absolute Gasteiger partial charge is 0.387 e. The van der Waals surface area contributed by atoms with Gasteiger partial charge in [0.15, 0.2) is 0 Å². The van der Waals surface area contributed by atoms with Crippen LogP contribution in [-0.4, -0.2) is 11.7 Å². The van der Waals surface area contributed by atoms with Crippen LogP contribution >= 0.6 is 11.6 Å². The van der Waals surface area contributed by atoms with Crippen LogP contribution in [0.1, 0.15) is 22.8 Å². The van der Waals surface area contributed by atoms with Gasteiger partial charge in [-0.1, -0.05) is 35.9 Å². The summed E-state index contributed by atoms with van der Waals surface area (Å²) in [5.74, 6) is 0. The maximum absolute atomic E-state index is 10.0. The summed E-state index contributed by atoms with van der Waals surface area (Å²) in [4.78, 5) is 0. The average Bonchev–Trinajstić information content (AvgIpc) is 2.49. The number of aliphatic hydroxyl groups is 1. The van der Waals surface area contributed by atoms with Crippen molar-refractivity contribution in [3.63, 3.8) is 0 Å². The minimum Gasteiger partial charge on any atom is -0.387 e. The van der Waals surface area contributed by atoms with Gasteiger partial charge in [0.05, 0.1) is 17.7 Å². The zero-order valence-electron chi connectivity index (χ0n) is 10.9. The van der Waals surface area contributed by atoms with Crippen LogP contribution in [0.2, 0.25) is 5.02 Å². The fraction of sp³-hybridized carbons (Fsp3) is 0.188. The third kappa shape index (κ3) is 4.07. The van der Waals surface area contributed by atoms with Gasteiger partial charge in [-0.15, -0.1) is 0 Å². The number of nitriles is 1. The van der Waals surface area contributed by atoms with Gasteiger partial charge in [-0.05, 0) is 35.4 Å². The van der Waals surface area contributed by atoms with E-state index in [4.69, 9.17) is 16.9 Å². The monoisotopic (exact) mass is 286 g/mol. The number of nitrogens with zero attached hydrogens (tertiary/aromatic N) is 1. The molecular formula is C16H15ClN2O. The topological polar surface area (TPSA) is 56.0 Å². The Morgan fingerprint density at radius 3 is 2.35 bits per heavy atom. The second-order valence-electron chi connectivity index (χ2n) is 4.51. The van der Waals surface area contributed by atoms with Gasteiger partial charge in [0.25, 0.3) is 0 Å². The Morgan fingerprint density at radius 1 is 1.10 bits per heavy atom. The first-order valence-electron chi connectivity index (χ1n) is 6.32. The van der Waals surface area contributed by atoms with Crippen molar-refractivity contribution in [2.45, 2.75) is 12.6 Å². The van der Waals surface area contributed by atoms with Crippen molar-refractivity contribution in [1.82, 2.24) is 5.32 Å². The van der Waals surface area contributed by atoms with E-state index < -0.39 is 6.10 Å². The summed E-state index contributed by atoms with van der Waals surface area (Å²) in [5.41, 5.74) is 2.50. The fourth-order valence-corrected chi connectivity index (χ4v) is 1.98. The molecule has 0 amide bonds. The number of hydrogen-bond acceptors (Lipinski definition) is 3. The molecule has 0 spiro atoms. The van der Waals surface area contributed by atoms with Crippen LogP contribution < -0.4 is 5.32 Å². The number of halogens is 1. The second-order valence-corrected chi connectivity index (χ2v) is 4.94. The van der Waals surface area contributed by atoms with Gasteiger partial charge in [0.1, 0.15) is 0 Å². The van der Waals surface area contributed by atoms with Crippen LogP contribution in [0.5, 0.6) is 0 Å². The van der Waals surface area contributed by atoms with E-state index in [0.29, 0.717) is 23.7 Å². The van der Waals surface area contributed by atoms with Crippen molar-refractivity contribution >= 4 is 11.6 Å². The lowest BCUT2D eigenvalue weighted by Gasteiger charge is -2.12. The highest BCUT2D eigenvalue weighted by Gasteiger charge is 2.06. The van der Waals surface area contributed by atoms with E-state index >= 15 is 0 Å². The predicted molar refractivity (Wildman–Crippen MR) is 79.3 cm³/mol. The smallest absolute Gasteiger partial charge is 0.0991 e. The number of nitrogens with one attached hydrogen (secondary N) is 1. The van der Waals surface area contributed by atoms with Gasteiger partial charge in [-0.25, -0.2) is 0 Å². The molecule has 20 heavy (non-hydrogen) atoms. The normalized spacial score (nSPS) is 11.8. The number of benzene rings is 2. The Labute approximate surface area is 123 Å². The van der Waals surface area contributed by atoms with Crippen molar-refractivity contribution in [2.24, 2.45) is 0 Å². The minimum atomic E-state index is -0.588. The summed E-state index contributed by atoms with van der Waals surface area (Å²) >= 11 is 5.82. The lowest BCUT2D eigenvalue weighted by Crippen LogP contribution is -2.21. The average molecular weight is 287 g/mol. The van der Waals surface area contributed by atoms with E-state index in [1.807, 2.05) is 24.3 Å². The van der Waals surface area contributed by atoms with E-state index in [1.54, 1.807) is 24.3 Å². The third-order valence-electron chi connectivity index (χ3n) is 3.00. The van der Waals surface area contributed by atoms with Crippen LogP contribution in [0.4, 0.5) is 0 Å². The van der Waals surface area contributed by atoms with E-state index in [1.165, 1.54) is 0 Å². The molecule has 0 fully saturated rings. The summed E-state index contributed by atoms with van der Waals surface area (Å²) in [6.07, 6.45) is -0.588. The molecule has 102 valence electrons. The maximum atomic E-state index is 10.0. The van der Waals surface area contributed by atoms with Crippen molar-refractivity contribution in [2.75, 3.05) is 6.54 Å². The van der Waals surface area contributed by atoms with Crippen LogP contribution in [-0.2, 0) is 6.54 Å². The number of rotatable bonds is 5. The molecule has 4 heteroatoms. The van der Waals surface area contributed by atoms with Gasteiger partial charge in [-0.3, -0.25) is 0 Å². The molecule has 0 saturated heterocycles. The Hall–Kier alpha value is -1.86. The molecule has 0 bridgehead atoms. The van der Waals surface area contributed by atoms with E-state index in [0.717, 1.165) is 11.1 Å². The first-order chi connectivity index (χ1) is 9.69. The standard InChI is InChI=1S/C16H15ClN2O/c17-15-7-3-13(4-8-15)10-19-11-16(20)14-5-1-12(9-18)2-6-14/h1-8,16,19-20H,10-11H2. The van der Waals surface area contributed by atoms with Crippen molar-refractivity contribution in [3.05, 3.63) is 70.2 Å².